The molecular weight excluding hydrogens is 441 g/mol. The molecule has 5 nitrogen and oxygen atoms in total. The monoisotopic (exact) mass is 458 g/mol. The van der Waals surface area contributed by atoms with Gasteiger partial charge in [-0.05, 0) is 60.7 Å². The van der Waals surface area contributed by atoms with Gasteiger partial charge < -0.3 is 14.8 Å². The summed E-state index contributed by atoms with van der Waals surface area (Å²) in [5, 5.41) is 3.42. The summed E-state index contributed by atoms with van der Waals surface area (Å²) in [5.41, 5.74) is 1.03. The lowest BCUT2D eigenvalue weighted by Gasteiger charge is -2.13. The highest BCUT2D eigenvalue weighted by atomic mass is 32.1. The Hall–Kier alpha value is -3.59. The van der Waals surface area contributed by atoms with Crippen molar-refractivity contribution in [1.29, 1.82) is 0 Å². The third-order valence-corrected chi connectivity index (χ3v) is 5.82. The number of fused-ring (bicyclic) bond motifs is 1. The van der Waals surface area contributed by atoms with Crippen molar-refractivity contribution in [3.63, 3.8) is 0 Å². The van der Waals surface area contributed by atoms with E-state index in [0.717, 1.165) is 45.8 Å². The molecule has 0 aliphatic heterocycles. The molecule has 0 aliphatic rings. The summed E-state index contributed by atoms with van der Waals surface area (Å²) in [4.78, 5) is 17.1. The van der Waals surface area contributed by atoms with Gasteiger partial charge in [-0.25, -0.2) is 4.98 Å². The SMILES string of the molecule is COc1ccc2nc(-c3ccc(NC(=O)c4ccc(OC)c(C(F)(F)F)c4)cc3)sc2c1. The topological polar surface area (TPSA) is 60.5 Å². The predicted octanol–water partition coefficient (Wildman–Crippen LogP) is 6.25. The van der Waals surface area contributed by atoms with Gasteiger partial charge in [-0.1, -0.05) is 0 Å². The molecule has 4 rings (SSSR count). The first-order valence-electron chi connectivity index (χ1n) is 9.40. The van der Waals surface area contributed by atoms with Crippen molar-refractivity contribution in [3.8, 4) is 22.1 Å². The Bertz CT molecular complexity index is 1280. The molecule has 0 spiro atoms. The van der Waals surface area contributed by atoms with Crippen LogP contribution < -0.4 is 14.8 Å². The molecule has 0 unspecified atom stereocenters. The maximum absolute atomic E-state index is 13.2. The maximum Gasteiger partial charge on any atom is 0.419 e. The second kappa shape index (κ2) is 8.51. The molecule has 0 aliphatic carbocycles. The van der Waals surface area contributed by atoms with Crippen LogP contribution in [-0.4, -0.2) is 25.1 Å². The lowest BCUT2D eigenvalue weighted by atomic mass is 10.1. The molecule has 164 valence electrons. The average molecular weight is 458 g/mol. The van der Waals surface area contributed by atoms with E-state index in [0.29, 0.717) is 5.69 Å². The van der Waals surface area contributed by atoms with Crippen molar-refractivity contribution in [2.45, 2.75) is 6.18 Å². The highest BCUT2D eigenvalue weighted by Gasteiger charge is 2.35. The number of benzene rings is 3. The van der Waals surface area contributed by atoms with E-state index >= 15 is 0 Å². The van der Waals surface area contributed by atoms with Crippen LogP contribution in [-0.2, 0) is 6.18 Å². The minimum atomic E-state index is -4.63. The number of carbonyl (C=O) groups is 1. The zero-order valence-corrected chi connectivity index (χ0v) is 17.8. The number of carbonyl (C=O) groups excluding carboxylic acids is 1. The van der Waals surface area contributed by atoms with Crippen LogP contribution in [0.15, 0.2) is 60.7 Å². The van der Waals surface area contributed by atoms with Crippen molar-refractivity contribution in [3.05, 3.63) is 71.8 Å². The number of nitrogens with zero attached hydrogens (tertiary/aromatic N) is 1. The molecule has 1 N–H and O–H groups in total. The summed E-state index contributed by atoms with van der Waals surface area (Å²) in [6, 6.07) is 15.8. The first-order valence-corrected chi connectivity index (χ1v) is 10.2. The number of thiazole rings is 1. The van der Waals surface area contributed by atoms with E-state index in [1.54, 1.807) is 31.4 Å². The van der Waals surface area contributed by atoms with E-state index in [-0.39, 0.29) is 11.3 Å². The maximum atomic E-state index is 13.2. The normalized spacial score (nSPS) is 11.4. The van der Waals surface area contributed by atoms with Gasteiger partial charge in [-0.2, -0.15) is 13.2 Å². The number of rotatable bonds is 5. The highest BCUT2D eigenvalue weighted by Crippen LogP contribution is 2.37. The molecule has 0 fully saturated rings. The molecule has 0 saturated carbocycles. The first kappa shape index (κ1) is 21.6. The van der Waals surface area contributed by atoms with Crippen LogP contribution >= 0.6 is 11.3 Å². The number of halogens is 3. The van der Waals surface area contributed by atoms with Crippen LogP contribution in [0.1, 0.15) is 15.9 Å². The van der Waals surface area contributed by atoms with E-state index in [1.807, 2.05) is 18.2 Å². The summed E-state index contributed by atoms with van der Waals surface area (Å²) in [6.45, 7) is 0. The van der Waals surface area contributed by atoms with Crippen molar-refractivity contribution < 1.29 is 27.4 Å². The number of aromatic nitrogens is 1. The molecule has 0 radical (unpaired) electrons. The number of methoxy groups -OCH3 is 2. The van der Waals surface area contributed by atoms with Crippen LogP contribution in [0.4, 0.5) is 18.9 Å². The van der Waals surface area contributed by atoms with Gasteiger partial charge in [-0.3, -0.25) is 4.79 Å². The fraction of sp³-hybridized carbons (Fsp3) is 0.130. The molecule has 0 saturated heterocycles. The molecule has 1 amide bonds. The fourth-order valence-corrected chi connectivity index (χ4v) is 4.13. The Kier molecular flexibility index (Phi) is 5.75. The number of nitrogens with one attached hydrogen (secondary N) is 1. The third-order valence-electron chi connectivity index (χ3n) is 4.75. The predicted molar refractivity (Wildman–Crippen MR) is 118 cm³/mol. The lowest BCUT2D eigenvalue weighted by molar-refractivity contribution is -0.138. The Morgan fingerprint density at radius 2 is 1.72 bits per heavy atom. The van der Waals surface area contributed by atoms with Crippen molar-refractivity contribution in [2.75, 3.05) is 19.5 Å². The zero-order chi connectivity index (χ0) is 22.9. The van der Waals surface area contributed by atoms with E-state index in [4.69, 9.17) is 9.47 Å². The van der Waals surface area contributed by atoms with Gasteiger partial charge in [-0.15, -0.1) is 11.3 Å². The van der Waals surface area contributed by atoms with E-state index < -0.39 is 17.6 Å². The smallest absolute Gasteiger partial charge is 0.419 e. The van der Waals surface area contributed by atoms with Crippen molar-refractivity contribution in [1.82, 2.24) is 4.98 Å². The standard InChI is InChI=1S/C23H17F3N2O3S/c1-30-16-8-9-18-20(12-16)32-22(28-18)13-3-6-15(7-4-13)27-21(29)14-5-10-19(31-2)17(11-14)23(24,25)26/h3-12H,1-2H3,(H,27,29). The molecule has 4 aromatic rings. The average Bonchev–Trinajstić information content (AvgIpc) is 3.21. The number of hydrogen-bond acceptors (Lipinski definition) is 5. The van der Waals surface area contributed by atoms with Gasteiger partial charge in [0.1, 0.15) is 16.5 Å². The van der Waals surface area contributed by atoms with E-state index in [2.05, 4.69) is 10.3 Å². The zero-order valence-electron chi connectivity index (χ0n) is 17.0. The second-order valence-corrected chi connectivity index (χ2v) is 7.83. The number of ether oxygens (including phenoxy) is 2. The summed E-state index contributed by atoms with van der Waals surface area (Å²) >= 11 is 1.51. The van der Waals surface area contributed by atoms with Gasteiger partial charge in [0.2, 0.25) is 0 Å². The fourth-order valence-electron chi connectivity index (χ4n) is 3.13. The number of alkyl halides is 3. The molecule has 0 atom stereocenters. The Morgan fingerprint density at radius 1 is 0.969 bits per heavy atom. The molecular formula is C23H17F3N2O3S. The summed E-state index contributed by atoms with van der Waals surface area (Å²) < 4.78 is 50.6. The Labute approximate surface area is 185 Å². The third kappa shape index (κ3) is 4.38. The highest BCUT2D eigenvalue weighted by molar-refractivity contribution is 7.21. The lowest BCUT2D eigenvalue weighted by Crippen LogP contribution is -2.14. The molecule has 1 aromatic heterocycles. The first-order chi connectivity index (χ1) is 15.3. The quantitative estimate of drug-likeness (QED) is 0.384. The minimum Gasteiger partial charge on any atom is -0.497 e. The van der Waals surface area contributed by atoms with Crippen molar-refractivity contribution in [2.24, 2.45) is 0 Å². The molecule has 3 aromatic carbocycles. The summed E-state index contributed by atoms with van der Waals surface area (Å²) in [7, 11) is 2.75. The van der Waals surface area contributed by atoms with Gasteiger partial charge in [0, 0.05) is 16.8 Å². The van der Waals surface area contributed by atoms with Crippen LogP contribution in [0.5, 0.6) is 11.5 Å². The van der Waals surface area contributed by atoms with Crippen LogP contribution in [0.2, 0.25) is 0 Å². The largest absolute Gasteiger partial charge is 0.497 e. The number of hydrogen-bond donors (Lipinski definition) is 1. The number of anilines is 1. The van der Waals surface area contributed by atoms with Gasteiger partial charge >= 0.3 is 6.18 Å². The van der Waals surface area contributed by atoms with Crippen LogP contribution in [0.3, 0.4) is 0 Å². The minimum absolute atomic E-state index is 0.123. The second-order valence-electron chi connectivity index (χ2n) is 6.80. The Morgan fingerprint density at radius 3 is 2.38 bits per heavy atom. The summed E-state index contributed by atoms with van der Waals surface area (Å²) in [6.07, 6.45) is -4.63. The van der Waals surface area contributed by atoms with E-state index in [1.165, 1.54) is 17.4 Å². The molecule has 0 bridgehead atoms. The van der Waals surface area contributed by atoms with Crippen molar-refractivity contribution >= 4 is 33.1 Å². The van der Waals surface area contributed by atoms with Crippen LogP contribution in [0.25, 0.3) is 20.8 Å². The molecule has 1 heterocycles. The Balaban J connectivity index is 1.53. The van der Waals surface area contributed by atoms with Gasteiger partial charge in [0.15, 0.2) is 0 Å². The van der Waals surface area contributed by atoms with E-state index in [9.17, 15) is 18.0 Å². The molecule has 32 heavy (non-hydrogen) atoms. The van der Waals surface area contributed by atoms with Gasteiger partial charge in [0.25, 0.3) is 5.91 Å². The summed E-state index contributed by atoms with van der Waals surface area (Å²) in [5.74, 6) is -0.247. The van der Waals surface area contributed by atoms with Crippen LogP contribution in [0, 0.1) is 0 Å². The molecule has 9 heteroatoms. The number of amides is 1. The van der Waals surface area contributed by atoms with Gasteiger partial charge in [0.05, 0.1) is 30.0 Å².